The van der Waals surface area contributed by atoms with Crippen LogP contribution in [0.2, 0.25) is 0 Å². The molecule has 1 unspecified atom stereocenters. The zero-order valence-electron chi connectivity index (χ0n) is 10.4. The largest absolute Gasteiger partial charge is 0.325 e. The first-order valence-corrected chi connectivity index (χ1v) is 7.51. The smallest absolute Gasteiger partial charge is 0.210 e. The lowest BCUT2D eigenvalue weighted by Gasteiger charge is -2.11. The van der Waals surface area contributed by atoms with Crippen LogP contribution in [0.4, 0.5) is 5.69 Å². The van der Waals surface area contributed by atoms with Crippen LogP contribution in [0, 0.1) is 0 Å². The third-order valence-electron chi connectivity index (χ3n) is 2.07. The number of nitrogens with two attached hydrogens (primary N) is 1. The van der Waals surface area contributed by atoms with Gasteiger partial charge in [-0.2, -0.15) is 0 Å². The molecule has 0 fully saturated rings. The Morgan fingerprint density at radius 3 is 2.50 bits per heavy atom. The lowest BCUT2D eigenvalue weighted by Crippen LogP contribution is -2.37. The molecule has 0 aliphatic carbocycles. The predicted octanol–water partition coefficient (Wildman–Crippen LogP) is 0.351. The lowest BCUT2D eigenvalue weighted by molar-refractivity contribution is 0.596. The molecule has 0 aromatic heterocycles. The van der Waals surface area contributed by atoms with E-state index in [2.05, 4.69) is 15.7 Å². The summed E-state index contributed by atoms with van der Waals surface area (Å²) < 4.78 is 22.3. The van der Waals surface area contributed by atoms with Gasteiger partial charge in [0.2, 0.25) is 5.96 Å². The second-order valence-corrected chi connectivity index (χ2v) is 6.24. The highest BCUT2D eigenvalue weighted by Crippen LogP contribution is 2.05. The minimum atomic E-state index is -3.05. The van der Waals surface area contributed by atoms with Crippen molar-refractivity contribution in [1.82, 2.24) is 5.43 Å². The van der Waals surface area contributed by atoms with Gasteiger partial charge in [0.15, 0.2) is 0 Å². The Morgan fingerprint density at radius 2 is 2.00 bits per heavy atom. The predicted molar refractivity (Wildman–Crippen MR) is 74.0 cm³/mol. The number of nitrogens with one attached hydrogen (secondary N) is 2. The van der Waals surface area contributed by atoms with Gasteiger partial charge in [-0.3, -0.25) is 5.43 Å². The zero-order valence-corrected chi connectivity index (χ0v) is 11.2. The van der Waals surface area contributed by atoms with E-state index in [1.54, 1.807) is 6.92 Å². The summed E-state index contributed by atoms with van der Waals surface area (Å²) in [5, 5.41) is 2.96. The SMILES string of the molecule is CC(CS(C)(=O)=O)N=C(NN)Nc1ccccc1. The number of para-hydroxylation sites is 1. The van der Waals surface area contributed by atoms with Crippen LogP contribution in [-0.4, -0.2) is 32.4 Å². The lowest BCUT2D eigenvalue weighted by atomic mass is 10.3. The van der Waals surface area contributed by atoms with Gasteiger partial charge in [0.1, 0.15) is 9.84 Å². The van der Waals surface area contributed by atoms with Gasteiger partial charge in [-0.25, -0.2) is 19.3 Å². The molecular formula is C11H18N4O2S. The Kier molecular flexibility index (Phi) is 5.11. The quantitative estimate of drug-likeness (QED) is 0.317. The van der Waals surface area contributed by atoms with E-state index in [0.29, 0.717) is 5.96 Å². The average Bonchev–Trinajstić information content (AvgIpc) is 2.27. The molecule has 1 rings (SSSR count). The molecule has 4 N–H and O–H groups in total. The summed E-state index contributed by atoms with van der Waals surface area (Å²) >= 11 is 0. The monoisotopic (exact) mass is 270 g/mol. The van der Waals surface area contributed by atoms with E-state index in [1.165, 1.54) is 6.26 Å². The van der Waals surface area contributed by atoms with Crippen molar-refractivity contribution in [2.75, 3.05) is 17.3 Å². The second kappa shape index (κ2) is 6.36. The molecule has 0 amide bonds. The van der Waals surface area contributed by atoms with E-state index in [0.717, 1.165) is 5.69 Å². The van der Waals surface area contributed by atoms with Crippen molar-refractivity contribution < 1.29 is 8.42 Å². The molecule has 0 aliphatic heterocycles. The highest BCUT2D eigenvalue weighted by Gasteiger charge is 2.10. The molecule has 0 bridgehead atoms. The van der Waals surface area contributed by atoms with E-state index in [9.17, 15) is 8.42 Å². The minimum Gasteiger partial charge on any atom is -0.325 e. The van der Waals surface area contributed by atoms with Crippen molar-refractivity contribution in [3.8, 4) is 0 Å². The molecule has 0 saturated carbocycles. The van der Waals surface area contributed by atoms with Crippen molar-refractivity contribution in [2.45, 2.75) is 13.0 Å². The maximum absolute atomic E-state index is 11.1. The molecule has 0 aliphatic rings. The number of aliphatic imine (C=N–C) groups is 1. The van der Waals surface area contributed by atoms with Crippen molar-refractivity contribution in [1.29, 1.82) is 0 Å². The standard InChI is InChI=1S/C11H18N4O2S/c1-9(8-18(2,16)17)13-11(15-12)14-10-6-4-3-5-7-10/h3-7,9H,8,12H2,1-2H3,(H2,13,14,15). The van der Waals surface area contributed by atoms with Gasteiger partial charge < -0.3 is 5.32 Å². The molecule has 1 atom stereocenters. The number of anilines is 1. The van der Waals surface area contributed by atoms with E-state index >= 15 is 0 Å². The molecule has 1 aromatic rings. The maximum atomic E-state index is 11.1. The number of guanidine groups is 1. The van der Waals surface area contributed by atoms with Gasteiger partial charge in [0.25, 0.3) is 0 Å². The van der Waals surface area contributed by atoms with Crippen LogP contribution in [0.25, 0.3) is 0 Å². The van der Waals surface area contributed by atoms with Crippen LogP contribution in [0.5, 0.6) is 0 Å². The fourth-order valence-corrected chi connectivity index (χ4v) is 2.41. The van der Waals surface area contributed by atoms with Crippen LogP contribution >= 0.6 is 0 Å². The average molecular weight is 270 g/mol. The molecule has 0 heterocycles. The van der Waals surface area contributed by atoms with Gasteiger partial charge >= 0.3 is 0 Å². The van der Waals surface area contributed by atoms with Crippen molar-refractivity contribution in [2.24, 2.45) is 10.8 Å². The first-order valence-electron chi connectivity index (χ1n) is 5.45. The maximum Gasteiger partial charge on any atom is 0.210 e. The number of rotatable bonds is 4. The summed E-state index contributed by atoms with van der Waals surface area (Å²) in [4.78, 5) is 4.17. The van der Waals surface area contributed by atoms with E-state index < -0.39 is 9.84 Å². The van der Waals surface area contributed by atoms with Crippen LogP contribution in [0.1, 0.15) is 6.92 Å². The van der Waals surface area contributed by atoms with Crippen molar-refractivity contribution in [3.05, 3.63) is 30.3 Å². The Balaban J connectivity index is 2.71. The Hall–Kier alpha value is -1.60. The molecular weight excluding hydrogens is 252 g/mol. The number of benzene rings is 1. The molecule has 1 aromatic carbocycles. The number of hydrazine groups is 1. The first-order chi connectivity index (χ1) is 8.40. The summed E-state index contributed by atoms with van der Waals surface area (Å²) in [5.74, 6) is 5.65. The molecule has 0 saturated heterocycles. The van der Waals surface area contributed by atoms with Gasteiger partial charge in [0, 0.05) is 11.9 Å². The summed E-state index contributed by atoms with van der Waals surface area (Å²) in [5.41, 5.74) is 3.23. The summed E-state index contributed by atoms with van der Waals surface area (Å²) in [6.07, 6.45) is 1.18. The molecule has 18 heavy (non-hydrogen) atoms. The second-order valence-electron chi connectivity index (χ2n) is 4.05. The van der Waals surface area contributed by atoms with Crippen LogP contribution < -0.4 is 16.6 Å². The normalized spacial score (nSPS) is 14.1. The molecule has 0 radical (unpaired) electrons. The highest BCUT2D eigenvalue weighted by molar-refractivity contribution is 7.90. The Labute approximate surface area is 107 Å². The Morgan fingerprint density at radius 1 is 1.39 bits per heavy atom. The van der Waals surface area contributed by atoms with Gasteiger partial charge in [-0.1, -0.05) is 18.2 Å². The summed E-state index contributed by atoms with van der Waals surface area (Å²) in [6.45, 7) is 1.71. The van der Waals surface area contributed by atoms with E-state index in [4.69, 9.17) is 5.84 Å². The first kappa shape index (κ1) is 14.5. The number of sulfone groups is 1. The minimum absolute atomic E-state index is 0.0192. The highest BCUT2D eigenvalue weighted by atomic mass is 32.2. The zero-order chi connectivity index (χ0) is 13.6. The van der Waals surface area contributed by atoms with E-state index in [1.807, 2.05) is 30.3 Å². The number of hydrogen-bond acceptors (Lipinski definition) is 4. The summed E-state index contributed by atoms with van der Waals surface area (Å²) in [7, 11) is -3.05. The molecule has 100 valence electrons. The van der Waals surface area contributed by atoms with Crippen LogP contribution in [0.3, 0.4) is 0 Å². The van der Waals surface area contributed by atoms with Crippen molar-refractivity contribution in [3.63, 3.8) is 0 Å². The van der Waals surface area contributed by atoms with Gasteiger partial charge in [-0.05, 0) is 19.1 Å². The van der Waals surface area contributed by atoms with Gasteiger partial charge in [-0.15, -0.1) is 0 Å². The number of nitrogens with zero attached hydrogens (tertiary/aromatic N) is 1. The number of hydrogen-bond donors (Lipinski definition) is 3. The van der Waals surface area contributed by atoms with Crippen LogP contribution in [0.15, 0.2) is 35.3 Å². The Bertz CT molecular complexity index is 499. The van der Waals surface area contributed by atoms with Crippen LogP contribution in [-0.2, 0) is 9.84 Å². The fraction of sp³-hybridized carbons (Fsp3) is 0.364. The molecule has 6 nitrogen and oxygen atoms in total. The summed E-state index contributed by atoms with van der Waals surface area (Å²) in [6, 6.07) is 8.97. The topological polar surface area (TPSA) is 96.6 Å². The van der Waals surface area contributed by atoms with Crippen molar-refractivity contribution >= 4 is 21.5 Å². The molecule has 0 spiro atoms. The van der Waals surface area contributed by atoms with Gasteiger partial charge in [0.05, 0.1) is 11.8 Å². The molecule has 7 heteroatoms. The van der Waals surface area contributed by atoms with E-state index in [-0.39, 0.29) is 11.8 Å². The third kappa shape index (κ3) is 5.65. The third-order valence-corrected chi connectivity index (χ3v) is 3.15. The fourth-order valence-electron chi connectivity index (χ4n) is 1.46.